The lowest BCUT2D eigenvalue weighted by Crippen LogP contribution is -2.44. The molecule has 3 aromatic rings. The van der Waals surface area contributed by atoms with Gasteiger partial charge in [0.1, 0.15) is 11.3 Å². The summed E-state index contributed by atoms with van der Waals surface area (Å²) in [5.74, 6) is -1.35. The third-order valence-corrected chi connectivity index (χ3v) is 6.86. The topological polar surface area (TPSA) is 145 Å². The van der Waals surface area contributed by atoms with Crippen molar-refractivity contribution in [2.75, 3.05) is 5.32 Å². The highest BCUT2D eigenvalue weighted by Crippen LogP contribution is 2.27. The van der Waals surface area contributed by atoms with Gasteiger partial charge in [-0.25, -0.2) is 14.8 Å². The molecule has 0 fully saturated rings. The van der Waals surface area contributed by atoms with Crippen LogP contribution in [-0.4, -0.2) is 37.6 Å². The van der Waals surface area contributed by atoms with Gasteiger partial charge < -0.3 is 10.1 Å². The Hall–Kier alpha value is -4.19. The predicted molar refractivity (Wildman–Crippen MR) is 162 cm³/mol. The van der Waals surface area contributed by atoms with E-state index in [2.05, 4.69) is 38.1 Å². The number of rotatable bonds is 14. The second-order valence-electron chi connectivity index (χ2n) is 9.73. The van der Waals surface area contributed by atoms with Crippen LogP contribution in [0.25, 0.3) is 0 Å². The molecule has 0 aliphatic heterocycles. The largest absolute Gasteiger partial charge is 0.424 e. The van der Waals surface area contributed by atoms with Crippen molar-refractivity contribution >= 4 is 45.2 Å². The van der Waals surface area contributed by atoms with E-state index in [-0.39, 0.29) is 18.0 Å². The molecule has 4 amide bonds. The first-order valence-electron chi connectivity index (χ1n) is 13.9. The maximum atomic E-state index is 13.4. The van der Waals surface area contributed by atoms with Crippen molar-refractivity contribution in [3.05, 3.63) is 80.6 Å². The molecule has 0 aliphatic carbocycles. The van der Waals surface area contributed by atoms with Gasteiger partial charge in [0.05, 0.1) is 9.40 Å². The summed E-state index contributed by atoms with van der Waals surface area (Å²) in [6, 6.07) is 9.09. The number of aromatic nitrogens is 2. The smallest absolute Gasteiger partial charge is 0.335 e. The van der Waals surface area contributed by atoms with Gasteiger partial charge >= 0.3 is 12.0 Å². The predicted octanol–water partition coefficient (Wildman–Crippen LogP) is 7.98. The summed E-state index contributed by atoms with van der Waals surface area (Å²) in [5, 5.41) is 14.1. The van der Waals surface area contributed by atoms with E-state index >= 15 is 0 Å². The molecule has 0 radical (unpaired) electrons. The first-order chi connectivity index (χ1) is 20.2. The third kappa shape index (κ3) is 9.44. The van der Waals surface area contributed by atoms with E-state index in [9.17, 15) is 24.5 Å². The number of carbonyl (C=O) groups is 3. The molecule has 0 spiro atoms. The number of nitro groups is 1. The monoisotopic (exact) mass is 639 g/mol. The van der Waals surface area contributed by atoms with Gasteiger partial charge in [0.15, 0.2) is 0 Å². The Labute approximate surface area is 253 Å². The molecule has 0 saturated heterocycles. The molecular weight excluding hydrogens is 606 g/mol. The fourth-order valence-electron chi connectivity index (χ4n) is 4.25. The van der Waals surface area contributed by atoms with Gasteiger partial charge in [-0.05, 0) is 59.1 Å². The number of aryl methyl sites for hydroxylation is 1. The van der Waals surface area contributed by atoms with Crippen molar-refractivity contribution in [2.45, 2.75) is 71.6 Å². The van der Waals surface area contributed by atoms with E-state index in [4.69, 9.17) is 4.74 Å². The van der Waals surface area contributed by atoms with Crippen molar-refractivity contribution in [1.82, 2.24) is 14.9 Å². The first-order valence-corrected chi connectivity index (χ1v) is 14.7. The molecule has 1 N–H and O–H groups in total. The number of carbonyl (C=O) groups excluding carboxylic acids is 3. The summed E-state index contributed by atoms with van der Waals surface area (Å²) in [6.45, 7) is 3.90. The second kappa shape index (κ2) is 16.3. The van der Waals surface area contributed by atoms with Crippen molar-refractivity contribution < 1.29 is 24.0 Å². The quantitative estimate of drug-likeness (QED) is 0.106. The van der Waals surface area contributed by atoms with Crippen LogP contribution in [0, 0.1) is 17.0 Å². The van der Waals surface area contributed by atoms with Crippen LogP contribution in [0.1, 0.15) is 80.6 Å². The SMILES string of the molecule is CCCCCCCCCCC(=O)N(C(=O)Nc1ccc(Oc2ncc(Br)cn2)c(C)c1)C(=O)c1ccccc1[N+](=O)[O-]. The average molecular weight is 641 g/mol. The summed E-state index contributed by atoms with van der Waals surface area (Å²) in [4.78, 5) is 59.4. The van der Waals surface area contributed by atoms with Crippen LogP contribution in [-0.2, 0) is 4.79 Å². The maximum absolute atomic E-state index is 13.4. The minimum absolute atomic E-state index is 0.0479. The summed E-state index contributed by atoms with van der Waals surface area (Å²) in [7, 11) is 0. The number of hydrogen-bond donors (Lipinski definition) is 1. The van der Waals surface area contributed by atoms with E-state index in [1.807, 2.05) is 0 Å². The number of urea groups is 1. The van der Waals surface area contributed by atoms with Crippen LogP contribution in [0.2, 0.25) is 0 Å². The highest BCUT2D eigenvalue weighted by molar-refractivity contribution is 9.10. The minimum Gasteiger partial charge on any atom is -0.424 e. The lowest BCUT2D eigenvalue weighted by Gasteiger charge is -2.20. The maximum Gasteiger partial charge on any atom is 0.335 e. The molecule has 0 aliphatic rings. The van der Waals surface area contributed by atoms with E-state index in [1.54, 1.807) is 31.5 Å². The van der Waals surface area contributed by atoms with Gasteiger partial charge in [-0.15, -0.1) is 0 Å². The molecule has 0 unspecified atom stereocenters. The van der Waals surface area contributed by atoms with Crippen LogP contribution >= 0.6 is 15.9 Å². The van der Waals surface area contributed by atoms with E-state index in [1.165, 1.54) is 43.5 Å². The van der Waals surface area contributed by atoms with Crippen molar-refractivity contribution in [2.24, 2.45) is 0 Å². The van der Waals surface area contributed by atoms with E-state index in [0.29, 0.717) is 32.8 Å². The Morgan fingerprint density at radius 3 is 2.26 bits per heavy atom. The third-order valence-electron chi connectivity index (χ3n) is 6.46. The zero-order chi connectivity index (χ0) is 30.5. The number of unbranched alkanes of at least 4 members (excludes halogenated alkanes) is 7. The number of nitrogens with one attached hydrogen (secondary N) is 1. The van der Waals surface area contributed by atoms with Crippen molar-refractivity contribution in [3.8, 4) is 11.8 Å². The highest BCUT2D eigenvalue weighted by atomic mass is 79.9. The molecule has 0 saturated carbocycles. The normalized spacial score (nSPS) is 10.6. The average Bonchev–Trinajstić information content (AvgIpc) is 2.97. The Morgan fingerprint density at radius 1 is 0.976 bits per heavy atom. The number of nitro benzene ring substituents is 1. The molecule has 1 aromatic heterocycles. The summed E-state index contributed by atoms with van der Waals surface area (Å²) in [6.07, 6.45) is 11.0. The number of ether oxygens (including phenoxy) is 1. The van der Waals surface area contributed by atoms with Crippen LogP contribution in [0.5, 0.6) is 11.8 Å². The number of amides is 4. The molecule has 11 nitrogen and oxygen atoms in total. The lowest BCUT2D eigenvalue weighted by molar-refractivity contribution is -0.385. The molecule has 42 heavy (non-hydrogen) atoms. The fourth-order valence-corrected chi connectivity index (χ4v) is 4.45. The number of para-hydroxylation sites is 1. The molecular formula is C30H34BrN5O6. The number of benzene rings is 2. The molecule has 12 heteroatoms. The minimum atomic E-state index is -1.06. The van der Waals surface area contributed by atoms with Gasteiger partial charge in [0.2, 0.25) is 5.91 Å². The van der Waals surface area contributed by atoms with Crippen LogP contribution in [0.3, 0.4) is 0 Å². The number of imide groups is 3. The van der Waals surface area contributed by atoms with Gasteiger partial charge in [-0.1, -0.05) is 64.0 Å². The van der Waals surface area contributed by atoms with Gasteiger partial charge in [-0.2, -0.15) is 4.90 Å². The standard InChI is InChI=1S/C30H34BrN5O6/c1-3-4-5-6-7-8-9-10-15-27(37)35(28(38)24-13-11-12-14-25(24)36(40)41)30(39)34-23-16-17-26(21(2)18-23)42-29-32-19-22(31)20-33-29/h11-14,16-20H,3-10,15H2,1-2H3,(H,34,39). The lowest BCUT2D eigenvalue weighted by atomic mass is 10.1. The number of hydrogen-bond acceptors (Lipinski definition) is 8. The Kier molecular flexibility index (Phi) is 12.5. The zero-order valence-corrected chi connectivity index (χ0v) is 25.3. The molecule has 0 bridgehead atoms. The second-order valence-corrected chi connectivity index (χ2v) is 10.6. The Bertz CT molecular complexity index is 1400. The molecule has 1 heterocycles. The van der Waals surface area contributed by atoms with E-state index < -0.39 is 28.5 Å². The zero-order valence-electron chi connectivity index (χ0n) is 23.7. The van der Waals surface area contributed by atoms with E-state index in [0.717, 1.165) is 31.7 Å². The van der Waals surface area contributed by atoms with Crippen molar-refractivity contribution in [3.63, 3.8) is 0 Å². The summed E-state index contributed by atoms with van der Waals surface area (Å²) in [5.41, 5.74) is 0.0759. The van der Waals surface area contributed by atoms with Crippen LogP contribution in [0.4, 0.5) is 16.2 Å². The number of anilines is 1. The molecule has 3 rings (SSSR count). The van der Waals surface area contributed by atoms with Crippen molar-refractivity contribution in [1.29, 1.82) is 0 Å². The van der Waals surface area contributed by atoms with Crippen LogP contribution < -0.4 is 10.1 Å². The van der Waals surface area contributed by atoms with Gasteiger partial charge in [-0.3, -0.25) is 19.7 Å². The van der Waals surface area contributed by atoms with Gasteiger partial charge in [0, 0.05) is 30.6 Å². The molecule has 222 valence electrons. The summed E-state index contributed by atoms with van der Waals surface area (Å²) < 4.78 is 6.39. The Balaban J connectivity index is 1.74. The number of nitrogens with zero attached hydrogens (tertiary/aromatic N) is 4. The first kappa shape index (κ1) is 32.3. The summed E-state index contributed by atoms with van der Waals surface area (Å²) >= 11 is 3.26. The fraction of sp³-hybridized carbons (Fsp3) is 0.367. The molecule has 2 aromatic carbocycles. The number of halogens is 1. The molecule has 0 atom stereocenters. The Morgan fingerprint density at radius 2 is 1.62 bits per heavy atom. The van der Waals surface area contributed by atoms with Crippen LogP contribution in [0.15, 0.2) is 59.3 Å². The van der Waals surface area contributed by atoms with Gasteiger partial charge in [0.25, 0.3) is 11.6 Å². The highest BCUT2D eigenvalue weighted by Gasteiger charge is 2.33.